The van der Waals surface area contributed by atoms with Gasteiger partial charge in [-0.15, -0.1) is 0 Å². The quantitative estimate of drug-likeness (QED) is 0.786. The molecule has 3 nitrogen and oxygen atoms in total. The molecule has 1 atom stereocenters. The Morgan fingerprint density at radius 3 is 2.64 bits per heavy atom. The van der Waals surface area contributed by atoms with Crippen molar-refractivity contribution in [3.05, 3.63) is 35.9 Å². The number of carbonyl (C=O) groups excluding carboxylic acids is 1. The maximum atomic E-state index is 11.6. The molecule has 0 aliphatic heterocycles. The zero-order chi connectivity index (χ0) is 10.4. The number of carbonyl (C=O) groups is 1. The summed E-state index contributed by atoms with van der Waals surface area (Å²) < 4.78 is 4.93. The van der Waals surface area contributed by atoms with Crippen LogP contribution >= 0.6 is 0 Å². The molecule has 76 valence electrons. The van der Waals surface area contributed by atoms with Crippen molar-refractivity contribution in [1.82, 2.24) is 5.32 Å². The zero-order valence-electron chi connectivity index (χ0n) is 8.49. The summed E-state index contributed by atoms with van der Waals surface area (Å²) in [4.78, 5) is 11.6. The number of methoxy groups -OCH3 is 1. The van der Waals surface area contributed by atoms with Crippen LogP contribution in [0.1, 0.15) is 17.3 Å². The number of benzene rings is 1. The minimum Gasteiger partial charge on any atom is -0.383 e. The lowest BCUT2D eigenvalue weighted by Gasteiger charge is -2.12. The lowest BCUT2D eigenvalue weighted by molar-refractivity contribution is 0.0905. The average molecular weight is 193 g/mol. The molecule has 0 aromatic heterocycles. The van der Waals surface area contributed by atoms with Gasteiger partial charge in [0, 0.05) is 18.7 Å². The van der Waals surface area contributed by atoms with Gasteiger partial charge < -0.3 is 10.1 Å². The minimum atomic E-state index is -0.0600. The number of ether oxygens (including phenoxy) is 1. The SMILES string of the molecule is COCC(C)NC(=O)c1ccccc1. The first-order valence-corrected chi connectivity index (χ1v) is 4.59. The van der Waals surface area contributed by atoms with Crippen molar-refractivity contribution < 1.29 is 9.53 Å². The Kier molecular flexibility index (Phi) is 4.13. The summed E-state index contributed by atoms with van der Waals surface area (Å²) in [6.07, 6.45) is 0. The Balaban J connectivity index is 2.51. The van der Waals surface area contributed by atoms with Crippen molar-refractivity contribution in [3.63, 3.8) is 0 Å². The predicted octanol–water partition coefficient (Wildman–Crippen LogP) is 1.45. The Bertz CT molecular complexity index is 285. The van der Waals surface area contributed by atoms with Crippen LogP contribution in [0.3, 0.4) is 0 Å². The van der Waals surface area contributed by atoms with Gasteiger partial charge in [0.05, 0.1) is 6.61 Å². The molecule has 0 bridgehead atoms. The van der Waals surface area contributed by atoms with Crippen LogP contribution < -0.4 is 5.32 Å². The summed E-state index contributed by atoms with van der Waals surface area (Å²) in [6.45, 7) is 2.43. The molecule has 0 saturated heterocycles. The van der Waals surface area contributed by atoms with E-state index in [0.717, 1.165) is 0 Å². The molecule has 1 N–H and O–H groups in total. The van der Waals surface area contributed by atoms with Crippen LogP contribution in [0, 0.1) is 0 Å². The molecule has 0 radical (unpaired) electrons. The van der Waals surface area contributed by atoms with E-state index in [1.165, 1.54) is 0 Å². The molecule has 3 heteroatoms. The van der Waals surface area contributed by atoms with Gasteiger partial charge in [-0.25, -0.2) is 0 Å². The fraction of sp³-hybridized carbons (Fsp3) is 0.364. The van der Waals surface area contributed by atoms with Crippen LogP contribution in [0.15, 0.2) is 30.3 Å². The van der Waals surface area contributed by atoms with Crippen molar-refractivity contribution >= 4 is 5.91 Å². The van der Waals surface area contributed by atoms with Gasteiger partial charge in [0.15, 0.2) is 0 Å². The van der Waals surface area contributed by atoms with Crippen molar-refractivity contribution in [2.75, 3.05) is 13.7 Å². The molecule has 0 heterocycles. The monoisotopic (exact) mass is 193 g/mol. The van der Waals surface area contributed by atoms with Gasteiger partial charge in [0.25, 0.3) is 5.91 Å². The highest BCUT2D eigenvalue weighted by atomic mass is 16.5. The molecule has 1 amide bonds. The molecule has 1 aromatic rings. The molecule has 1 rings (SSSR count). The Labute approximate surface area is 84.1 Å². The molecule has 0 fully saturated rings. The first kappa shape index (κ1) is 10.7. The van der Waals surface area contributed by atoms with Crippen LogP contribution in [0.2, 0.25) is 0 Å². The molecule has 0 aliphatic rings. The largest absolute Gasteiger partial charge is 0.383 e. The van der Waals surface area contributed by atoms with Crippen molar-refractivity contribution in [1.29, 1.82) is 0 Å². The fourth-order valence-electron chi connectivity index (χ4n) is 1.19. The Hall–Kier alpha value is -1.35. The second-order valence-electron chi connectivity index (χ2n) is 3.20. The van der Waals surface area contributed by atoms with Gasteiger partial charge in [-0.1, -0.05) is 18.2 Å². The molecule has 0 aliphatic carbocycles. The van der Waals surface area contributed by atoms with Crippen LogP contribution in [-0.4, -0.2) is 25.7 Å². The van der Waals surface area contributed by atoms with Crippen LogP contribution in [-0.2, 0) is 4.74 Å². The van der Waals surface area contributed by atoms with Gasteiger partial charge in [-0.2, -0.15) is 0 Å². The van der Waals surface area contributed by atoms with Gasteiger partial charge in [-0.05, 0) is 19.1 Å². The molecule has 0 saturated carbocycles. The van der Waals surface area contributed by atoms with Crippen LogP contribution in [0.25, 0.3) is 0 Å². The lowest BCUT2D eigenvalue weighted by atomic mass is 10.2. The smallest absolute Gasteiger partial charge is 0.251 e. The molecular weight excluding hydrogens is 178 g/mol. The van der Waals surface area contributed by atoms with E-state index in [2.05, 4.69) is 5.32 Å². The highest BCUT2D eigenvalue weighted by molar-refractivity contribution is 5.94. The molecule has 1 aromatic carbocycles. The third-order valence-corrected chi connectivity index (χ3v) is 1.83. The topological polar surface area (TPSA) is 38.3 Å². The molecule has 14 heavy (non-hydrogen) atoms. The van der Waals surface area contributed by atoms with E-state index < -0.39 is 0 Å². The maximum absolute atomic E-state index is 11.6. The van der Waals surface area contributed by atoms with E-state index in [1.54, 1.807) is 19.2 Å². The number of amides is 1. The van der Waals surface area contributed by atoms with E-state index in [0.29, 0.717) is 12.2 Å². The van der Waals surface area contributed by atoms with Gasteiger partial charge in [0.1, 0.15) is 0 Å². The highest BCUT2D eigenvalue weighted by Gasteiger charge is 2.07. The maximum Gasteiger partial charge on any atom is 0.251 e. The molecule has 1 unspecified atom stereocenters. The summed E-state index contributed by atoms with van der Waals surface area (Å²) >= 11 is 0. The number of rotatable bonds is 4. The van der Waals surface area contributed by atoms with E-state index in [9.17, 15) is 4.79 Å². The van der Waals surface area contributed by atoms with Crippen molar-refractivity contribution in [2.24, 2.45) is 0 Å². The fourth-order valence-corrected chi connectivity index (χ4v) is 1.19. The average Bonchev–Trinajstić information content (AvgIpc) is 2.19. The van der Waals surface area contributed by atoms with Crippen molar-refractivity contribution in [2.45, 2.75) is 13.0 Å². The second-order valence-corrected chi connectivity index (χ2v) is 3.20. The molecule has 0 spiro atoms. The van der Waals surface area contributed by atoms with E-state index >= 15 is 0 Å². The standard InChI is InChI=1S/C11H15NO2/c1-9(8-14-2)12-11(13)10-6-4-3-5-7-10/h3-7,9H,8H2,1-2H3,(H,12,13). The predicted molar refractivity (Wildman–Crippen MR) is 55.2 cm³/mol. The summed E-state index contributed by atoms with van der Waals surface area (Å²) in [5, 5.41) is 2.83. The summed E-state index contributed by atoms with van der Waals surface area (Å²) in [5.74, 6) is -0.0600. The minimum absolute atomic E-state index is 0.0349. The van der Waals surface area contributed by atoms with E-state index in [1.807, 2.05) is 25.1 Å². The van der Waals surface area contributed by atoms with Crippen LogP contribution in [0.5, 0.6) is 0 Å². The second kappa shape index (κ2) is 5.40. The van der Waals surface area contributed by atoms with Gasteiger partial charge in [0.2, 0.25) is 0 Å². The first-order chi connectivity index (χ1) is 6.74. The highest BCUT2D eigenvalue weighted by Crippen LogP contribution is 1.98. The van der Waals surface area contributed by atoms with Crippen molar-refractivity contribution in [3.8, 4) is 0 Å². The van der Waals surface area contributed by atoms with Crippen LogP contribution in [0.4, 0.5) is 0 Å². The van der Waals surface area contributed by atoms with E-state index in [-0.39, 0.29) is 11.9 Å². The Morgan fingerprint density at radius 2 is 2.07 bits per heavy atom. The number of hydrogen-bond donors (Lipinski definition) is 1. The van der Waals surface area contributed by atoms with E-state index in [4.69, 9.17) is 4.74 Å². The third kappa shape index (κ3) is 3.18. The number of nitrogens with one attached hydrogen (secondary N) is 1. The lowest BCUT2D eigenvalue weighted by Crippen LogP contribution is -2.35. The summed E-state index contributed by atoms with van der Waals surface area (Å²) in [6, 6.07) is 9.18. The first-order valence-electron chi connectivity index (χ1n) is 4.59. The third-order valence-electron chi connectivity index (χ3n) is 1.83. The van der Waals surface area contributed by atoms with Gasteiger partial charge in [-0.3, -0.25) is 4.79 Å². The van der Waals surface area contributed by atoms with Gasteiger partial charge >= 0.3 is 0 Å². The number of hydrogen-bond acceptors (Lipinski definition) is 2. The zero-order valence-corrected chi connectivity index (χ0v) is 8.49. The molecular formula is C11H15NO2. The summed E-state index contributed by atoms with van der Waals surface area (Å²) in [7, 11) is 1.62. The Morgan fingerprint density at radius 1 is 1.43 bits per heavy atom. The normalized spacial score (nSPS) is 12.1. The summed E-state index contributed by atoms with van der Waals surface area (Å²) in [5.41, 5.74) is 0.676.